The summed E-state index contributed by atoms with van der Waals surface area (Å²) < 4.78 is 5.84. The Bertz CT molecular complexity index is 926. The minimum atomic E-state index is 0.269. The summed E-state index contributed by atoms with van der Waals surface area (Å²) in [7, 11) is 4.07. The van der Waals surface area contributed by atoms with Crippen molar-refractivity contribution in [2.75, 3.05) is 27.2 Å². The summed E-state index contributed by atoms with van der Waals surface area (Å²) in [6.45, 7) is 3.71. The van der Waals surface area contributed by atoms with Crippen molar-refractivity contribution in [3.63, 3.8) is 0 Å². The Kier molecular flexibility index (Phi) is 6.54. The van der Waals surface area contributed by atoms with E-state index >= 15 is 0 Å². The van der Waals surface area contributed by atoms with E-state index in [1.807, 2.05) is 50.5 Å². The highest BCUT2D eigenvalue weighted by Crippen LogP contribution is 2.34. The molecule has 144 valence electrons. The number of allylic oxidation sites excluding steroid dienone is 4. The number of phenols is 1. The predicted molar refractivity (Wildman–Crippen MR) is 116 cm³/mol. The Morgan fingerprint density at radius 2 is 1.64 bits per heavy atom. The van der Waals surface area contributed by atoms with Crippen molar-refractivity contribution in [1.82, 2.24) is 4.90 Å². The Hall–Kier alpha value is -3.00. The average molecular weight is 373 g/mol. The van der Waals surface area contributed by atoms with E-state index in [2.05, 4.69) is 35.8 Å². The van der Waals surface area contributed by atoms with E-state index < -0.39 is 0 Å². The molecule has 2 aromatic carbocycles. The zero-order chi connectivity index (χ0) is 19.9. The van der Waals surface area contributed by atoms with Crippen LogP contribution in [0.25, 0.3) is 5.57 Å². The average Bonchev–Trinajstić information content (AvgIpc) is 3.22. The number of benzene rings is 2. The van der Waals surface area contributed by atoms with Crippen molar-refractivity contribution in [3.05, 3.63) is 94.8 Å². The van der Waals surface area contributed by atoms with Crippen LogP contribution in [0.4, 0.5) is 0 Å². The molecule has 1 aliphatic carbocycles. The molecular formula is C25H27NO2. The first-order valence-corrected chi connectivity index (χ1v) is 9.62. The topological polar surface area (TPSA) is 32.7 Å². The summed E-state index contributed by atoms with van der Waals surface area (Å²) in [5.41, 5.74) is 9.03. The van der Waals surface area contributed by atoms with Crippen molar-refractivity contribution in [3.8, 4) is 11.5 Å². The van der Waals surface area contributed by atoms with Crippen LogP contribution in [0.2, 0.25) is 0 Å². The summed E-state index contributed by atoms with van der Waals surface area (Å²) in [5, 5.41) is 9.70. The van der Waals surface area contributed by atoms with Crippen molar-refractivity contribution in [2.24, 2.45) is 0 Å². The maximum absolute atomic E-state index is 9.70. The van der Waals surface area contributed by atoms with Gasteiger partial charge < -0.3 is 14.7 Å². The van der Waals surface area contributed by atoms with Crippen LogP contribution in [0.15, 0.2) is 83.6 Å². The third-order valence-electron chi connectivity index (χ3n) is 4.68. The number of phenolic OH excluding ortho intramolecular Hbond substituents is 1. The lowest BCUT2D eigenvalue weighted by Gasteiger charge is -2.16. The number of hydrogen-bond acceptors (Lipinski definition) is 3. The molecule has 0 saturated carbocycles. The number of hydrogen-bond donors (Lipinski definition) is 1. The van der Waals surface area contributed by atoms with Crippen LogP contribution in [0.1, 0.15) is 24.5 Å². The minimum absolute atomic E-state index is 0.269. The molecule has 1 N–H and O–H groups in total. The van der Waals surface area contributed by atoms with E-state index in [9.17, 15) is 5.11 Å². The van der Waals surface area contributed by atoms with E-state index in [0.717, 1.165) is 41.0 Å². The van der Waals surface area contributed by atoms with Gasteiger partial charge in [-0.15, -0.1) is 5.73 Å². The molecular weight excluding hydrogens is 346 g/mol. The molecule has 1 aliphatic rings. The van der Waals surface area contributed by atoms with Gasteiger partial charge in [-0.3, -0.25) is 0 Å². The van der Waals surface area contributed by atoms with Crippen molar-refractivity contribution in [1.29, 1.82) is 0 Å². The van der Waals surface area contributed by atoms with Gasteiger partial charge in [0, 0.05) is 12.1 Å². The second-order valence-electron chi connectivity index (χ2n) is 7.01. The quantitative estimate of drug-likeness (QED) is 0.646. The first kappa shape index (κ1) is 19.8. The van der Waals surface area contributed by atoms with Crippen LogP contribution in [0, 0.1) is 0 Å². The number of ether oxygens (including phenoxy) is 1. The SMILES string of the molecule is CC/C(C1=C=CC=C1)=C(/c1ccc(O)cc1)c1ccc(OCCN(C)C)cc1. The molecule has 0 atom stereocenters. The number of aromatic hydroxyl groups is 1. The van der Waals surface area contributed by atoms with Crippen LogP contribution >= 0.6 is 0 Å². The summed E-state index contributed by atoms with van der Waals surface area (Å²) in [4.78, 5) is 2.10. The van der Waals surface area contributed by atoms with Crippen molar-refractivity contribution in [2.45, 2.75) is 13.3 Å². The number of nitrogens with zero attached hydrogens (tertiary/aromatic N) is 1. The van der Waals surface area contributed by atoms with E-state index in [1.54, 1.807) is 12.1 Å². The predicted octanol–water partition coefficient (Wildman–Crippen LogP) is 5.20. The summed E-state index contributed by atoms with van der Waals surface area (Å²) in [6, 6.07) is 15.6. The minimum Gasteiger partial charge on any atom is -0.508 e. The third kappa shape index (κ3) is 4.83. The fourth-order valence-corrected chi connectivity index (χ4v) is 3.23. The fraction of sp³-hybridized carbons (Fsp3) is 0.240. The van der Waals surface area contributed by atoms with Gasteiger partial charge >= 0.3 is 0 Å². The van der Waals surface area contributed by atoms with Crippen LogP contribution in [0.3, 0.4) is 0 Å². The monoisotopic (exact) mass is 373 g/mol. The van der Waals surface area contributed by atoms with Crippen LogP contribution < -0.4 is 4.74 Å². The molecule has 0 aliphatic heterocycles. The van der Waals surface area contributed by atoms with Crippen LogP contribution in [-0.2, 0) is 0 Å². The standard InChI is InChI=1S/C25H27NO2/c1-4-24(19-7-5-6-8-19)25(20-9-13-22(27)14-10-20)21-11-15-23(16-12-21)28-18-17-26(2)3/h5-7,9-16,27H,4,17-18H2,1-3H3/b25-24+. The van der Waals surface area contributed by atoms with Gasteiger partial charge in [0.1, 0.15) is 18.1 Å². The Labute approximate surface area is 167 Å². The molecule has 3 nitrogen and oxygen atoms in total. The van der Waals surface area contributed by atoms with Gasteiger partial charge in [0.15, 0.2) is 0 Å². The van der Waals surface area contributed by atoms with Gasteiger partial charge in [-0.25, -0.2) is 0 Å². The molecule has 0 saturated heterocycles. The normalized spacial score (nSPS) is 13.6. The maximum Gasteiger partial charge on any atom is 0.119 e. The third-order valence-corrected chi connectivity index (χ3v) is 4.68. The van der Waals surface area contributed by atoms with Gasteiger partial charge in [-0.2, -0.15) is 0 Å². The lowest BCUT2D eigenvalue weighted by atomic mass is 9.88. The molecule has 0 fully saturated rings. The molecule has 3 heteroatoms. The highest BCUT2D eigenvalue weighted by molar-refractivity contribution is 5.85. The zero-order valence-electron chi connectivity index (χ0n) is 16.8. The highest BCUT2D eigenvalue weighted by Gasteiger charge is 2.14. The smallest absolute Gasteiger partial charge is 0.119 e. The molecule has 2 aromatic rings. The molecule has 0 bridgehead atoms. The maximum atomic E-state index is 9.70. The molecule has 0 unspecified atom stereocenters. The molecule has 3 rings (SSSR count). The van der Waals surface area contributed by atoms with Gasteiger partial charge in [0.05, 0.1) is 0 Å². The summed E-state index contributed by atoms with van der Waals surface area (Å²) in [5.74, 6) is 1.14. The Balaban J connectivity index is 1.99. The second-order valence-corrected chi connectivity index (χ2v) is 7.01. The lowest BCUT2D eigenvalue weighted by Crippen LogP contribution is -2.19. The van der Waals surface area contributed by atoms with Crippen molar-refractivity contribution >= 4 is 5.57 Å². The molecule has 0 aromatic heterocycles. The zero-order valence-corrected chi connectivity index (χ0v) is 16.8. The first-order valence-electron chi connectivity index (χ1n) is 9.62. The molecule has 0 heterocycles. The fourth-order valence-electron chi connectivity index (χ4n) is 3.23. The van der Waals surface area contributed by atoms with Crippen LogP contribution in [-0.4, -0.2) is 37.3 Å². The van der Waals surface area contributed by atoms with E-state index in [1.165, 1.54) is 5.57 Å². The van der Waals surface area contributed by atoms with Crippen LogP contribution in [0.5, 0.6) is 11.5 Å². The molecule has 28 heavy (non-hydrogen) atoms. The van der Waals surface area contributed by atoms with Gasteiger partial charge in [0.25, 0.3) is 0 Å². The Morgan fingerprint density at radius 1 is 1.00 bits per heavy atom. The lowest BCUT2D eigenvalue weighted by molar-refractivity contribution is 0.261. The van der Waals surface area contributed by atoms with E-state index in [-0.39, 0.29) is 5.75 Å². The molecule has 0 amide bonds. The second kappa shape index (κ2) is 9.27. The molecule has 0 radical (unpaired) electrons. The Morgan fingerprint density at radius 3 is 2.18 bits per heavy atom. The van der Waals surface area contributed by atoms with E-state index in [4.69, 9.17) is 4.74 Å². The number of likely N-dealkylation sites (N-methyl/N-ethyl adjacent to an activating group) is 1. The highest BCUT2D eigenvalue weighted by atomic mass is 16.5. The largest absolute Gasteiger partial charge is 0.508 e. The summed E-state index contributed by atoms with van der Waals surface area (Å²) in [6.07, 6.45) is 6.94. The van der Waals surface area contributed by atoms with Crippen molar-refractivity contribution < 1.29 is 9.84 Å². The van der Waals surface area contributed by atoms with Gasteiger partial charge in [-0.05, 0) is 79.2 Å². The summed E-state index contributed by atoms with van der Waals surface area (Å²) >= 11 is 0. The number of rotatable bonds is 8. The first-order chi connectivity index (χ1) is 13.6. The van der Waals surface area contributed by atoms with Gasteiger partial charge in [0.2, 0.25) is 0 Å². The molecule has 0 spiro atoms. The van der Waals surface area contributed by atoms with E-state index in [0.29, 0.717) is 6.61 Å². The van der Waals surface area contributed by atoms with Gasteiger partial charge in [-0.1, -0.05) is 37.3 Å².